The summed E-state index contributed by atoms with van der Waals surface area (Å²) >= 11 is 0. The van der Waals surface area contributed by atoms with Gasteiger partial charge in [0.25, 0.3) is 0 Å². The first kappa shape index (κ1) is 19.0. The number of nitrogens with one attached hydrogen (secondary N) is 1. The first-order valence-electron chi connectivity index (χ1n) is 10.8. The molecule has 6 heteroatoms. The zero-order chi connectivity index (χ0) is 20.7. The van der Waals surface area contributed by atoms with Crippen molar-refractivity contribution in [3.05, 3.63) is 65.2 Å². The average Bonchev–Trinajstić information content (AvgIpc) is 2.80. The summed E-state index contributed by atoms with van der Waals surface area (Å²) in [4.78, 5) is 30.5. The second-order valence-corrected chi connectivity index (χ2v) is 8.32. The first-order chi connectivity index (χ1) is 14.7. The highest BCUT2D eigenvalue weighted by molar-refractivity contribution is 5.90. The van der Waals surface area contributed by atoms with Crippen LogP contribution in [0.3, 0.4) is 0 Å². The van der Waals surface area contributed by atoms with Gasteiger partial charge in [-0.3, -0.25) is 4.79 Å². The summed E-state index contributed by atoms with van der Waals surface area (Å²) in [6.07, 6.45) is 3.40. The molecule has 2 saturated heterocycles. The molecule has 0 radical (unpaired) electrons. The number of piperazine rings is 1. The summed E-state index contributed by atoms with van der Waals surface area (Å²) in [6, 6.07) is 15.3. The molecule has 3 atom stereocenters. The van der Waals surface area contributed by atoms with E-state index in [9.17, 15) is 9.59 Å². The van der Waals surface area contributed by atoms with Crippen LogP contribution in [0.4, 0.5) is 4.79 Å². The highest BCUT2D eigenvalue weighted by atomic mass is 16.5. The van der Waals surface area contributed by atoms with E-state index in [-0.39, 0.29) is 30.1 Å². The summed E-state index contributed by atoms with van der Waals surface area (Å²) in [5.74, 6) is 0.955. The minimum atomic E-state index is -0.358. The van der Waals surface area contributed by atoms with Gasteiger partial charge in [-0.1, -0.05) is 42.5 Å². The van der Waals surface area contributed by atoms with E-state index in [0.29, 0.717) is 13.1 Å². The molecule has 2 aromatic carbocycles. The molecule has 0 saturated carbocycles. The lowest BCUT2D eigenvalue weighted by Crippen LogP contribution is -2.68. The molecule has 3 amide bonds. The summed E-state index contributed by atoms with van der Waals surface area (Å²) in [6.45, 7) is 1.14. The van der Waals surface area contributed by atoms with Gasteiger partial charge in [-0.05, 0) is 42.9 Å². The van der Waals surface area contributed by atoms with Gasteiger partial charge in [-0.25, -0.2) is 4.79 Å². The zero-order valence-electron chi connectivity index (χ0n) is 17.2. The average molecular weight is 405 g/mol. The van der Waals surface area contributed by atoms with E-state index in [1.165, 1.54) is 5.56 Å². The van der Waals surface area contributed by atoms with Crippen molar-refractivity contribution in [1.29, 1.82) is 0 Å². The van der Waals surface area contributed by atoms with Crippen LogP contribution in [-0.4, -0.2) is 47.5 Å². The number of fused-ring (bicyclic) bond motifs is 6. The van der Waals surface area contributed by atoms with Crippen LogP contribution in [0, 0.1) is 0 Å². The predicted octanol–water partition coefficient (Wildman–Crippen LogP) is 3.27. The van der Waals surface area contributed by atoms with Gasteiger partial charge in [0.05, 0.1) is 19.2 Å². The second-order valence-electron chi connectivity index (χ2n) is 8.32. The lowest BCUT2D eigenvalue weighted by atomic mass is 9.78. The maximum Gasteiger partial charge on any atom is 0.318 e. The van der Waals surface area contributed by atoms with Crippen LogP contribution < -0.4 is 10.1 Å². The number of nitrogens with zero attached hydrogens (tertiary/aromatic N) is 2. The molecule has 2 bridgehead atoms. The lowest BCUT2D eigenvalue weighted by Gasteiger charge is -2.55. The Kier molecular flexibility index (Phi) is 4.85. The summed E-state index contributed by atoms with van der Waals surface area (Å²) in [7, 11) is 1.69. The minimum Gasteiger partial charge on any atom is -0.496 e. The largest absolute Gasteiger partial charge is 0.496 e. The molecule has 3 aliphatic heterocycles. The highest BCUT2D eigenvalue weighted by Crippen LogP contribution is 2.45. The van der Waals surface area contributed by atoms with Crippen molar-refractivity contribution >= 4 is 11.9 Å². The van der Waals surface area contributed by atoms with Crippen LogP contribution in [-0.2, 0) is 17.8 Å². The van der Waals surface area contributed by atoms with Crippen LogP contribution in [0.15, 0.2) is 48.5 Å². The van der Waals surface area contributed by atoms with Crippen LogP contribution in [0.5, 0.6) is 5.75 Å². The molecular weight excluding hydrogens is 378 g/mol. The quantitative estimate of drug-likeness (QED) is 0.853. The molecule has 6 nitrogen and oxygen atoms in total. The number of carbonyl (C=O) groups is 2. The van der Waals surface area contributed by atoms with Gasteiger partial charge in [-0.2, -0.15) is 0 Å². The van der Waals surface area contributed by atoms with Crippen molar-refractivity contribution in [3.8, 4) is 5.75 Å². The van der Waals surface area contributed by atoms with E-state index >= 15 is 0 Å². The van der Waals surface area contributed by atoms with Crippen molar-refractivity contribution in [2.45, 2.75) is 50.4 Å². The fourth-order valence-corrected chi connectivity index (χ4v) is 5.45. The van der Waals surface area contributed by atoms with Gasteiger partial charge in [-0.15, -0.1) is 0 Å². The highest BCUT2D eigenvalue weighted by Gasteiger charge is 2.52. The normalized spacial score (nSPS) is 24.7. The van der Waals surface area contributed by atoms with E-state index < -0.39 is 0 Å². The number of amides is 3. The van der Waals surface area contributed by atoms with Crippen LogP contribution in [0.25, 0.3) is 0 Å². The molecule has 1 N–H and O–H groups in total. The van der Waals surface area contributed by atoms with Crippen molar-refractivity contribution in [1.82, 2.24) is 15.1 Å². The third-order valence-corrected chi connectivity index (χ3v) is 6.77. The summed E-state index contributed by atoms with van der Waals surface area (Å²) in [5, 5.41) is 3.05. The van der Waals surface area contributed by atoms with Gasteiger partial charge < -0.3 is 19.9 Å². The Morgan fingerprint density at radius 2 is 1.97 bits per heavy atom. The maximum atomic E-state index is 13.4. The fourth-order valence-electron chi connectivity index (χ4n) is 5.45. The monoisotopic (exact) mass is 405 g/mol. The Morgan fingerprint density at radius 3 is 2.77 bits per heavy atom. The number of piperidine rings is 1. The standard InChI is InChI=1S/C24H27N3O3/c1-30-21-12-5-9-18-17(21)13-14-26-22(18)19-10-6-11-20(23(26)28)27(19)24(29)25-15-16-7-3-2-4-8-16/h2-5,7-9,12,19-20,22H,6,10-11,13-15H2,1H3,(H,25,29). The topological polar surface area (TPSA) is 61.9 Å². The fraction of sp³-hybridized carbons (Fsp3) is 0.417. The number of hydrogen-bond acceptors (Lipinski definition) is 3. The molecule has 0 aliphatic carbocycles. The molecule has 3 unspecified atom stereocenters. The number of ether oxygens (including phenoxy) is 1. The number of rotatable bonds is 3. The Hall–Kier alpha value is -3.02. The lowest BCUT2D eigenvalue weighted by molar-refractivity contribution is -0.152. The number of benzene rings is 2. The van der Waals surface area contributed by atoms with Gasteiger partial charge in [0.1, 0.15) is 11.8 Å². The van der Waals surface area contributed by atoms with Gasteiger partial charge in [0.2, 0.25) is 5.91 Å². The van der Waals surface area contributed by atoms with Crippen molar-refractivity contribution < 1.29 is 14.3 Å². The maximum absolute atomic E-state index is 13.4. The van der Waals surface area contributed by atoms with E-state index in [1.54, 1.807) is 7.11 Å². The second kappa shape index (κ2) is 7.67. The Labute approximate surface area is 176 Å². The molecule has 0 aromatic heterocycles. The predicted molar refractivity (Wildman–Crippen MR) is 113 cm³/mol. The number of hydrogen-bond donors (Lipinski definition) is 1. The van der Waals surface area contributed by atoms with Crippen LogP contribution >= 0.6 is 0 Å². The molecule has 3 heterocycles. The zero-order valence-corrected chi connectivity index (χ0v) is 17.2. The van der Waals surface area contributed by atoms with Crippen LogP contribution in [0.2, 0.25) is 0 Å². The van der Waals surface area contributed by atoms with E-state index in [1.807, 2.05) is 52.3 Å². The molecule has 3 aliphatic rings. The van der Waals surface area contributed by atoms with Gasteiger partial charge in [0, 0.05) is 18.7 Å². The van der Waals surface area contributed by atoms with Crippen LogP contribution in [0.1, 0.15) is 42.0 Å². The Balaban J connectivity index is 1.46. The SMILES string of the molecule is COc1cccc2c1CCN1C(=O)C3CCCC(C21)N3C(=O)NCc1ccccc1. The van der Waals surface area contributed by atoms with Gasteiger partial charge >= 0.3 is 6.03 Å². The van der Waals surface area contributed by atoms with Crippen molar-refractivity contribution in [2.24, 2.45) is 0 Å². The summed E-state index contributed by atoms with van der Waals surface area (Å²) in [5.41, 5.74) is 3.34. The van der Waals surface area contributed by atoms with Gasteiger partial charge in [0.15, 0.2) is 0 Å². The number of carbonyl (C=O) groups excluding carboxylic acids is 2. The molecule has 5 rings (SSSR count). The minimum absolute atomic E-state index is 0.0108. The molecule has 0 spiro atoms. The first-order valence-corrected chi connectivity index (χ1v) is 10.8. The molecular formula is C24H27N3O3. The Bertz CT molecular complexity index is 961. The third kappa shape index (κ3) is 3.02. The van der Waals surface area contributed by atoms with E-state index in [4.69, 9.17) is 4.74 Å². The molecule has 2 aromatic rings. The molecule has 30 heavy (non-hydrogen) atoms. The van der Waals surface area contributed by atoms with E-state index in [0.717, 1.165) is 42.6 Å². The number of urea groups is 1. The molecule has 2 fully saturated rings. The third-order valence-electron chi connectivity index (χ3n) is 6.77. The van der Waals surface area contributed by atoms with E-state index in [2.05, 4.69) is 11.4 Å². The summed E-state index contributed by atoms with van der Waals surface area (Å²) < 4.78 is 5.59. The van der Waals surface area contributed by atoms with Crippen molar-refractivity contribution in [2.75, 3.05) is 13.7 Å². The smallest absolute Gasteiger partial charge is 0.318 e. The van der Waals surface area contributed by atoms with Crippen molar-refractivity contribution in [3.63, 3.8) is 0 Å². The molecule has 156 valence electrons. The number of methoxy groups -OCH3 is 1. The Morgan fingerprint density at radius 1 is 1.13 bits per heavy atom.